The van der Waals surface area contributed by atoms with Crippen molar-refractivity contribution in [1.82, 2.24) is 4.90 Å². The molecule has 0 aromatic heterocycles. The lowest BCUT2D eigenvalue weighted by molar-refractivity contribution is -0.148. The van der Waals surface area contributed by atoms with Gasteiger partial charge < -0.3 is 14.5 Å². The zero-order valence-electron chi connectivity index (χ0n) is 15.7. The van der Waals surface area contributed by atoms with Crippen LogP contribution < -0.4 is 4.90 Å². The summed E-state index contributed by atoms with van der Waals surface area (Å²) in [5, 5.41) is 0.594. The van der Waals surface area contributed by atoms with Gasteiger partial charge in [-0.25, -0.2) is 0 Å². The molecule has 1 aliphatic carbocycles. The van der Waals surface area contributed by atoms with Crippen LogP contribution >= 0.6 is 11.6 Å². The van der Waals surface area contributed by atoms with Crippen molar-refractivity contribution in [2.24, 2.45) is 5.92 Å². The number of anilines is 1. The zero-order valence-corrected chi connectivity index (χ0v) is 16.5. The van der Waals surface area contributed by atoms with Gasteiger partial charge in [0.1, 0.15) is 5.78 Å². The van der Waals surface area contributed by atoms with E-state index in [1.807, 2.05) is 23.1 Å². The first-order chi connectivity index (χ1) is 12.9. The van der Waals surface area contributed by atoms with Crippen LogP contribution in [0, 0.1) is 5.92 Å². The van der Waals surface area contributed by atoms with Crippen molar-refractivity contribution in [3.05, 3.63) is 28.8 Å². The Morgan fingerprint density at radius 2 is 1.93 bits per heavy atom. The molecule has 2 fully saturated rings. The first kappa shape index (κ1) is 19.7. The first-order valence-electron chi connectivity index (χ1n) is 9.40. The minimum Gasteiger partial charge on any atom is -0.466 e. The van der Waals surface area contributed by atoms with E-state index in [9.17, 15) is 14.4 Å². The summed E-state index contributed by atoms with van der Waals surface area (Å²) in [4.78, 5) is 40.3. The number of carbonyl (C=O) groups is 3. The van der Waals surface area contributed by atoms with Gasteiger partial charge in [0.25, 0.3) is 0 Å². The molecule has 0 unspecified atom stereocenters. The number of esters is 1. The van der Waals surface area contributed by atoms with Crippen LogP contribution in [0.4, 0.5) is 5.69 Å². The molecule has 1 aromatic carbocycles. The summed E-state index contributed by atoms with van der Waals surface area (Å²) in [5.41, 5.74) is 1.72. The van der Waals surface area contributed by atoms with Gasteiger partial charge in [-0.05, 0) is 25.0 Å². The van der Waals surface area contributed by atoms with E-state index in [-0.39, 0.29) is 35.9 Å². The summed E-state index contributed by atoms with van der Waals surface area (Å²) in [6.07, 6.45) is 0.673. The number of hydrogen-bond donors (Lipinski definition) is 0. The lowest BCUT2D eigenvalue weighted by Crippen LogP contribution is -2.48. The molecule has 0 N–H and O–H groups in total. The van der Waals surface area contributed by atoms with E-state index in [1.165, 1.54) is 0 Å². The largest absolute Gasteiger partial charge is 0.466 e. The Kier molecular flexibility index (Phi) is 6.05. The molecule has 2 atom stereocenters. The molecule has 1 amide bonds. The third-order valence-electron chi connectivity index (χ3n) is 5.41. The van der Waals surface area contributed by atoms with Gasteiger partial charge in [-0.2, -0.15) is 0 Å². The number of ketones is 1. The second-order valence-corrected chi connectivity index (χ2v) is 7.49. The Hall–Kier alpha value is -2.08. The van der Waals surface area contributed by atoms with Gasteiger partial charge in [0.2, 0.25) is 5.91 Å². The van der Waals surface area contributed by atoms with Crippen LogP contribution in [-0.2, 0) is 19.1 Å². The SMILES string of the molecule is CCOC(=O)[C@@H]1CC(=O)[C@H](c2cccc(Cl)c2N2CCN(C(C)=O)CC2)C1. The topological polar surface area (TPSA) is 66.9 Å². The van der Waals surface area contributed by atoms with Crippen LogP contribution in [0.15, 0.2) is 18.2 Å². The lowest BCUT2D eigenvalue weighted by Gasteiger charge is -2.37. The van der Waals surface area contributed by atoms with E-state index in [4.69, 9.17) is 16.3 Å². The van der Waals surface area contributed by atoms with Crippen molar-refractivity contribution in [2.75, 3.05) is 37.7 Å². The predicted octanol–water partition coefficient (Wildman–Crippen LogP) is 2.63. The average Bonchev–Trinajstić information content (AvgIpc) is 3.03. The second kappa shape index (κ2) is 8.30. The fourth-order valence-electron chi connectivity index (χ4n) is 4.02. The summed E-state index contributed by atoms with van der Waals surface area (Å²) in [6, 6.07) is 5.59. The molecule has 1 aliphatic heterocycles. The van der Waals surface area contributed by atoms with Crippen LogP contribution in [0.2, 0.25) is 5.02 Å². The van der Waals surface area contributed by atoms with Crippen LogP contribution in [0.3, 0.4) is 0 Å². The van der Waals surface area contributed by atoms with Crippen molar-refractivity contribution in [2.45, 2.75) is 32.6 Å². The third-order valence-corrected chi connectivity index (χ3v) is 5.72. The molecule has 0 radical (unpaired) electrons. The summed E-state index contributed by atoms with van der Waals surface area (Å²) in [6.45, 7) is 6.24. The van der Waals surface area contributed by atoms with Crippen LogP contribution in [0.1, 0.15) is 38.2 Å². The van der Waals surface area contributed by atoms with E-state index in [1.54, 1.807) is 13.8 Å². The van der Waals surface area contributed by atoms with Crippen LogP contribution in [0.25, 0.3) is 0 Å². The number of Topliss-reactive ketones (excluding diaryl/α,β-unsaturated/α-hetero) is 1. The molecule has 146 valence electrons. The van der Waals surface area contributed by atoms with Crippen molar-refractivity contribution in [3.8, 4) is 0 Å². The van der Waals surface area contributed by atoms with Gasteiger partial charge in [0.15, 0.2) is 0 Å². The molecule has 7 heteroatoms. The lowest BCUT2D eigenvalue weighted by atomic mass is 9.93. The Morgan fingerprint density at radius 3 is 2.56 bits per heavy atom. The molecule has 0 bridgehead atoms. The monoisotopic (exact) mass is 392 g/mol. The van der Waals surface area contributed by atoms with Crippen molar-refractivity contribution >= 4 is 34.9 Å². The Labute approximate surface area is 164 Å². The zero-order chi connectivity index (χ0) is 19.6. The number of hydrogen-bond acceptors (Lipinski definition) is 5. The fraction of sp³-hybridized carbons (Fsp3) is 0.550. The number of benzene rings is 1. The highest BCUT2D eigenvalue weighted by atomic mass is 35.5. The molecule has 2 aliphatic rings. The number of nitrogens with zero attached hydrogens (tertiary/aromatic N) is 2. The number of amides is 1. The predicted molar refractivity (Wildman–Crippen MR) is 103 cm³/mol. The van der Waals surface area contributed by atoms with Crippen LogP contribution in [-0.4, -0.2) is 55.3 Å². The number of ether oxygens (including phenoxy) is 1. The molecule has 1 saturated heterocycles. The summed E-state index contributed by atoms with van der Waals surface area (Å²) < 4.78 is 5.10. The van der Waals surface area contributed by atoms with E-state index in [0.29, 0.717) is 44.2 Å². The van der Waals surface area contributed by atoms with Crippen molar-refractivity contribution in [3.63, 3.8) is 0 Å². The maximum Gasteiger partial charge on any atom is 0.309 e. The normalized spacial score (nSPS) is 22.9. The molecule has 6 nitrogen and oxygen atoms in total. The number of halogens is 1. The smallest absolute Gasteiger partial charge is 0.309 e. The Bertz CT molecular complexity index is 743. The highest BCUT2D eigenvalue weighted by Crippen LogP contribution is 2.43. The van der Waals surface area contributed by atoms with Gasteiger partial charge in [0.05, 0.1) is 23.2 Å². The maximum absolute atomic E-state index is 12.7. The molecule has 1 aromatic rings. The number of carbonyl (C=O) groups excluding carboxylic acids is 3. The minimum atomic E-state index is -0.385. The molecule has 0 spiro atoms. The summed E-state index contributed by atoms with van der Waals surface area (Å²) in [7, 11) is 0. The molecule has 1 heterocycles. The van der Waals surface area contributed by atoms with E-state index in [2.05, 4.69) is 4.90 Å². The summed E-state index contributed by atoms with van der Waals surface area (Å²) >= 11 is 6.51. The highest BCUT2D eigenvalue weighted by Gasteiger charge is 2.40. The van der Waals surface area contributed by atoms with Gasteiger partial charge >= 0.3 is 5.97 Å². The quantitative estimate of drug-likeness (QED) is 0.737. The molecular formula is C20H25ClN2O4. The number of rotatable bonds is 4. The minimum absolute atomic E-state index is 0.0546. The summed E-state index contributed by atoms with van der Waals surface area (Å²) in [5.74, 6) is -0.911. The van der Waals surface area contributed by atoms with Gasteiger partial charge in [-0.15, -0.1) is 0 Å². The van der Waals surface area contributed by atoms with Crippen LogP contribution in [0.5, 0.6) is 0 Å². The first-order valence-corrected chi connectivity index (χ1v) is 9.78. The molecule has 3 rings (SSSR count). The standard InChI is InChI=1S/C20H25ClN2O4/c1-3-27-20(26)14-11-16(18(25)12-14)15-5-4-6-17(21)19(15)23-9-7-22(8-10-23)13(2)24/h4-6,14,16H,3,7-12H2,1-2H3/t14-,16-/m0/s1. The number of para-hydroxylation sites is 1. The maximum atomic E-state index is 12.7. The van der Waals surface area contributed by atoms with Gasteiger partial charge in [-0.1, -0.05) is 23.7 Å². The van der Waals surface area contributed by atoms with E-state index in [0.717, 1.165) is 11.3 Å². The third kappa shape index (κ3) is 4.10. The van der Waals surface area contributed by atoms with E-state index >= 15 is 0 Å². The molecule has 1 saturated carbocycles. The Balaban J connectivity index is 1.83. The van der Waals surface area contributed by atoms with Gasteiger partial charge in [0, 0.05) is 45.4 Å². The highest BCUT2D eigenvalue weighted by molar-refractivity contribution is 6.33. The molecule has 27 heavy (non-hydrogen) atoms. The van der Waals surface area contributed by atoms with Gasteiger partial charge in [-0.3, -0.25) is 14.4 Å². The number of piperazine rings is 1. The fourth-order valence-corrected chi connectivity index (χ4v) is 4.32. The molecular weight excluding hydrogens is 368 g/mol. The van der Waals surface area contributed by atoms with Crippen molar-refractivity contribution < 1.29 is 19.1 Å². The second-order valence-electron chi connectivity index (χ2n) is 7.08. The van der Waals surface area contributed by atoms with E-state index < -0.39 is 0 Å². The van der Waals surface area contributed by atoms with Crippen molar-refractivity contribution in [1.29, 1.82) is 0 Å². The average molecular weight is 393 g/mol. The Morgan fingerprint density at radius 1 is 1.22 bits per heavy atom.